The van der Waals surface area contributed by atoms with Crippen molar-refractivity contribution < 1.29 is 9.84 Å². The molecule has 0 fully saturated rings. The van der Waals surface area contributed by atoms with E-state index >= 15 is 0 Å². The Balaban J connectivity index is 2.31. The quantitative estimate of drug-likeness (QED) is 0.845. The van der Waals surface area contributed by atoms with Crippen LogP contribution in [0.3, 0.4) is 0 Å². The summed E-state index contributed by atoms with van der Waals surface area (Å²) in [6, 6.07) is 13.9. The van der Waals surface area contributed by atoms with Crippen molar-refractivity contribution in [3.8, 4) is 11.5 Å². The highest BCUT2D eigenvalue weighted by molar-refractivity contribution is 5.44. The Hall–Kier alpha value is -1.80. The molecule has 0 saturated carbocycles. The molecule has 2 aromatic rings. The number of rotatable bonds is 3. The summed E-state index contributed by atoms with van der Waals surface area (Å²) in [6.45, 7) is 10.4. The number of aliphatic hydroxyl groups excluding tert-OH is 1. The van der Waals surface area contributed by atoms with Gasteiger partial charge in [-0.2, -0.15) is 0 Å². The molecule has 0 aromatic heterocycles. The Morgan fingerprint density at radius 3 is 2.14 bits per heavy atom. The number of ether oxygens (including phenoxy) is 1. The first-order valence-corrected chi connectivity index (χ1v) is 7.34. The molecule has 2 aromatic carbocycles. The summed E-state index contributed by atoms with van der Waals surface area (Å²) in [7, 11) is 0. The lowest BCUT2D eigenvalue weighted by atomic mass is 9.85. The van der Waals surface area contributed by atoms with Crippen molar-refractivity contribution >= 4 is 0 Å². The highest BCUT2D eigenvalue weighted by atomic mass is 16.5. The SMILES string of the molecule is Cc1ccc(Oc2ccc([C@H](C)O)cc2)c(C(C)(C)C)c1. The molecule has 112 valence electrons. The molecule has 2 nitrogen and oxygen atoms in total. The van der Waals surface area contributed by atoms with Crippen molar-refractivity contribution in [3.05, 3.63) is 59.2 Å². The van der Waals surface area contributed by atoms with Gasteiger partial charge in [-0.3, -0.25) is 0 Å². The maximum atomic E-state index is 9.54. The summed E-state index contributed by atoms with van der Waals surface area (Å²) in [4.78, 5) is 0. The Morgan fingerprint density at radius 1 is 1.00 bits per heavy atom. The Labute approximate surface area is 127 Å². The first-order chi connectivity index (χ1) is 9.77. The number of aryl methyl sites for hydroxylation is 1. The van der Waals surface area contributed by atoms with E-state index in [9.17, 15) is 5.11 Å². The van der Waals surface area contributed by atoms with Gasteiger partial charge in [-0.25, -0.2) is 0 Å². The zero-order valence-electron chi connectivity index (χ0n) is 13.5. The molecule has 2 heteroatoms. The first-order valence-electron chi connectivity index (χ1n) is 7.34. The van der Waals surface area contributed by atoms with E-state index < -0.39 is 6.10 Å². The van der Waals surface area contributed by atoms with Gasteiger partial charge < -0.3 is 9.84 Å². The van der Waals surface area contributed by atoms with Crippen molar-refractivity contribution in [2.45, 2.75) is 46.1 Å². The van der Waals surface area contributed by atoms with Crippen LogP contribution in [-0.2, 0) is 5.41 Å². The molecule has 0 aliphatic rings. The molecule has 1 atom stereocenters. The zero-order chi connectivity index (χ0) is 15.6. The minimum Gasteiger partial charge on any atom is -0.457 e. The minimum atomic E-state index is -0.455. The Kier molecular flexibility index (Phi) is 4.38. The van der Waals surface area contributed by atoms with Crippen LogP contribution in [0.1, 0.15) is 50.5 Å². The fourth-order valence-corrected chi connectivity index (χ4v) is 2.26. The number of benzene rings is 2. The molecule has 0 heterocycles. The van der Waals surface area contributed by atoms with Gasteiger partial charge in [0.05, 0.1) is 6.10 Å². The summed E-state index contributed by atoms with van der Waals surface area (Å²) in [5.41, 5.74) is 3.35. The predicted molar refractivity (Wildman–Crippen MR) is 87.0 cm³/mol. The van der Waals surface area contributed by atoms with Gasteiger partial charge in [-0.15, -0.1) is 0 Å². The van der Waals surface area contributed by atoms with Crippen LogP contribution in [-0.4, -0.2) is 5.11 Å². The topological polar surface area (TPSA) is 29.5 Å². The van der Waals surface area contributed by atoms with Gasteiger partial charge in [0.1, 0.15) is 11.5 Å². The molecule has 21 heavy (non-hydrogen) atoms. The van der Waals surface area contributed by atoms with Crippen LogP contribution in [0.2, 0.25) is 0 Å². The molecule has 0 saturated heterocycles. The highest BCUT2D eigenvalue weighted by Crippen LogP contribution is 2.35. The number of aliphatic hydroxyl groups is 1. The van der Waals surface area contributed by atoms with E-state index in [1.54, 1.807) is 6.92 Å². The van der Waals surface area contributed by atoms with E-state index in [1.165, 1.54) is 11.1 Å². The van der Waals surface area contributed by atoms with Crippen LogP contribution in [0.15, 0.2) is 42.5 Å². The first kappa shape index (κ1) is 15.6. The summed E-state index contributed by atoms with van der Waals surface area (Å²) < 4.78 is 6.04. The van der Waals surface area contributed by atoms with Gasteiger partial charge in [-0.1, -0.05) is 50.6 Å². The van der Waals surface area contributed by atoms with Gasteiger partial charge >= 0.3 is 0 Å². The van der Waals surface area contributed by atoms with Gasteiger partial charge in [-0.05, 0) is 43.0 Å². The van der Waals surface area contributed by atoms with Crippen molar-refractivity contribution in [2.24, 2.45) is 0 Å². The second-order valence-electron chi connectivity index (χ2n) is 6.60. The van der Waals surface area contributed by atoms with E-state index in [0.29, 0.717) is 0 Å². The molecule has 0 unspecified atom stereocenters. The van der Waals surface area contributed by atoms with Crippen LogP contribution in [0, 0.1) is 6.92 Å². The minimum absolute atomic E-state index is 0.0287. The molecule has 1 N–H and O–H groups in total. The van der Waals surface area contributed by atoms with Gasteiger partial charge in [0, 0.05) is 5.56 Å². The summed E-state index contributed by atoms with van der Waals surface area (Å²) in [5.74, 6) is 1.67. The van der Waals surface area contributed by atoms with E-state index in [0.717, 1.165) is 17.1 Å². The lowest BCUT2D eigenvalue weighted by Crippen LogP contribution is -2.12. The Bertz CT molecular complexity index is 604. The fraction of sp³-hybridized carbons (Fsp3) is 0.368. The van der Waals surface area contributed by atoms with Crippen molar-refractivity contribution in [2.75, 3.05) is 0 Å². The average molecular weight is 284 g/mol. The maximum Gasteiger partial charge on any atom is 0.131 e. The van der Waals surface area contributed by atoms with Crippen LogP contribution in [0.4, 0.5) is 0 Å². The van der Waals surface area contributed by atoms with E-state index in [1.807, 2.05) is 30.3 Å². The van der Waals surface area contributed by atoms with Crippen LogP contribution >= 0.6 is 0 Å². The van der Waals surface area contributed by atoms with Crippen molar-refractivity contribution in [1.82, 2.24) is 0 Å². The number of hydrogen-bond acceptors (Lipinski definition) is 2. The van der Waals surface area contributed by atoms with E-state index in [4.69, 9.17) is 4.74 Å². The third-order valence-corrected chi connectivity index (χ3v) is 3.53. The summed E-state index contributed by atoms with van der Waals surface area (Å²) in [5, 5.41) is 9.54. The third kappa shape index (κ3) is 3.85. The normalized spacial score (nSPS) is 13.0. The van der Waals surface area contributed by atoms with Crippen molar-refractivity contribution in [1.29, 1.82) is 0 Å². The van der Waals surface area contributed by atoms with Gasteiger partial charge in [0.15, 0.2) is 0 Å². The standard InChI is InChI=1S/C19H24O2/c1-13-6-11-18(17(12-13)19(3,4)5)21-16-9-7-15(8-10-16)14(2)20/h6-12,14,20H,1-5H3/t14-/m0/s1. The number of hydrogen-bond donors (Lipinski definition) is 1. The molecule has 0 bridgehead atoms. The average Bonchev–Trinajstić information content (AvgIpc) is 2.40. The molecule has 0 aliphatic carbocycles. The fourth-order valence-electron chi connectivity index (χ4n) is 2.26. The second kappa shape index (κ2) is 5.90. The largest absolute Gasteiger partial charge is 0.457 e. The lowest BCUT2D eigenvalue weighted by Gasteiger charge is -2.23. The second-order valence-corrected chi connectivity index (χ2v) is 6.60. The lowest BCUT2D eigenvalue weighted by molar-refractivity contribution is 0.199. The Morgan fingerprint density at radius 2 is 1.62 bits per heavy atom. The van der Waals surface area contributed by atoms with Crippen LogP contribution in [0.5, 0.6) is 11.5 Å². The molecule has 0 spiro atoms. The van der Waals surface area contributed by atoms with Gasteiger partial charge in [0.2, 0.25) is 0 Å². The maximum absolute atomic E-state index is 9.54. The summed E-state index contributed by atoms with van der Waals surface area (Å²) in [6.07, 6.45) is -0.455. The van der Waals surface area contributed by atoms with Gasteiger partial charge in [0.25, 0.3) is 0 Å². The molecule has 0 amide bonds. The van der Waals surface area contributed by atoms with Crippen molar-refractivity contribution in [3.63, 3.8) is 0 Å². The zero-order valence-corrected chi connectivity index (χ0v) is 13.5. The molecule has 2 rings (SSSR count). The molecule has 0 aliphatic heterocycles. The predicted octanol–water partition coefficient (Wildman–Crippen LogP) is 5.14. The summed E-state index contributed by atoms with van der Waals surface area (Å²) >= 11 is 0. The van der Waals surface area contributed by atoms with E-state index in [-0.39, 0.29) is 5.41 Å². The van der Waals surface area contributed by atoms with Crippen LogP contribution in [0.25, 0.3) is 0 Å². The van der Waals surface area contributed by atoms with E-state index in [2.05, 4.69) is 39.8 Å². The monoisotopic (exact) mass is 284 g/mol. The third-order valence-electron chi connectivity index (χ3n) is 3.53. The molecular formula is C19H24O2. The smallest absolute Gasteiger partial charge is 0.131 e. The van der Waals surface area contributed by atoms with Crippen LogP contribution < -0.4 is 4.74 Å². The highest BCUT2D eigenvalue weighted by Gasteiger charge is 2.19. The molecular weight excluding hydrogens is 260 g/mol. The molecule has 0 radical (unpaired) electrons.